The lowest BCUT2D eigenvalue weighted by Crippen LogP contribution is -1.99. The molecule has 1 aromatic rings. The van der Waals surface area contributed by atoms with E-state index in [4.69, 9.17) is 0 Å². The molecule has 0 bridgehead atoms. The van der Waals surface area contributed by atoms with Crippen LogP contribution in [-0.4, -0.2) is 5.11 Å². The molecule has 0 spiro atoms. The summed E-state index contributed by atoms with van der Waals surface area (Å²) < 4.78 is 24.8. The lowest BCUT2D eigenvalue weighted by Gasteiger charge is -2.10. The van der Waals surface area contributed by atoms with Gasteiger partial charge in [0.1, 0.15) is 0 Å². The first-order chi connectivity index (χ1) is 6.16. The summed E-state index contributed by atoms with van der Waals surface area (Å²) in [5, 5.41) is 9.31. The number of halogens is 2. The van der Waals surface area contributed by atoms with E-state index in [-0.39, 0.29) is 11.1 Å². The van der Waals surface area contributed by atoms with Gasteiger partial charge in [-0.25, -0.2) is 8.78 Å². The number of aliphatic hydroxyl groups excluding tert-OH is 1. The summed E-state index contributed by atoms with van der Waals surface area (Å²) in [7, 11) is 0. The van der Waals surface area contributed by atoms with Crippen LogP contribution in [0.5, 0.6) is 0 Å². The molecule has 0 aliphatic rings. The number of benzene rings is 1. The van der Waals surface area contributed by atoms with Crippen LogP contribution in [0.2, 0.25) is 0 Å². The predicted octanol–water partition coefficient (Wildman–Crippen LogP) is 2.84. The average molecular weight is 184 g/mol. The van der Waals surface area contributed by atoms with Crippen LogP contribution >= 0.6 is 0 Å². The van der Waals surface area contributed by atoms with Crippen molar-refractivity contribution >= 4 is 0 Å². The van der Waals surface area contributed by atoms with Crippen molar-refractivity contribution in [1.82, 2.24) is 0 Å². The molecule has 0 amide bonds. The van der Waals surface area contributed by atoms with E-state index in [0.717, 1.165) is 0 Å². The Kier molecular flexibility index (Phi) is 3.14. The predicted molar refractivity (Wildman–Crippen MR) is 46.6 cm³/mol. The zero-order valence-corrected chi connectivity index (χ0v) is 6.95. The molecule has 0 fully saturated rings. The normalized spacial score (nSPS) is 12.9. The molecule has 0 saturated heterocycles. The fourth-order valence-electron chi connectivity index (χ4n) is 1.11. The minimum absolute atomic E-state index is 0.144. The summed E-state index contributed by atoms with van der Waals surface area (Å²) in [6.07, 6.45) is -2.36. The third-order valence-electron chi connectivity index (χ3n) is 1.77. The quantitative estimate of drug-likeness (QED) is 0.716. The second kappa shape index (κ2) is 4.14. The Balaban J connectivity index is 3.11. The first-order valence-electron chi connectivity index (χ1n) is 3.84. The zero-order valence-electron chi connectivity index (χ0n) is 6.95. The lowest BCUT2D eigenvalue weighted by molar-refractivity contribution is 0.144. The Hall–Kier alpha value is -1.22. The van der Waals surface area contributed by atoms with Gasteiger partial charge in [0.15, 0.2) is 0 Å². The Morgan fingerprint density at radius 2 is 1.77 bits per heavy atom. The van der Waals surface area contributed by atoms with E-state index in [1.54, 1.807) is 6.07 Å². The van der Waals surface area contributed by atoms with Gasteiger partial charge in [-0.3, -0.25) is 0 Å². The van der Waals surface area contributed by atoms with Gasteiger partial charge in [-0.1, -0.05) is 30.3 Å². The number of aliphatic hydroxyl groups is 1. The van der Waals surface area contributed by atoms with Gasteiger partial charge in [0.2, 0.25) is 0 Å². The standard InChI is InChI=1S/C10H10F2O/c1-2-9(13)7-5-3-4-6-8(7)10(11)12/h2-6,9-10,13H,1H2. The van der Waals surface area contributed by atoms with Crippen molar-refractivity contribution in [3.63, 3.8) is 0 Å². The molecule has 0 saturated carbocycles. The van der Waals surface area contributed by atoms with Crippen LogP contribution in [0.25, 0.3) is 0 Å². The zero-order chi connectivity index (χ0) is 9.84. The Labute approximate surface area is 75.3 Å². The maximum absolute atomic E-state index is 12.4. The topological polar surface area (TPSA) is 20.2 Å². The summed E-state index contributed by atoms with van der Waals surface area (Å²) in [6.45, 7) is 3.34. The monoisotopic (exact) mass is 184 g/mol. The van der Waals surface area contributed by atoms with Crippen LogP contribution in [0.15, 0.2) is 36.9 Å². The van der Waals surface area contributed by atoms with Crippen LogP contribution in [-0.2, 0) is 0 Å². The van der Waals surface area contributed by atoms with Gasteiger partial charge < -0.3 is 5.11 Å². The van der Waals surface area contributed by atoms with Gasteiger partial charge in [-0.2, -0.15) is 0 Å². The highest BCUT2D eigenvalue weighted by Gasteiger charge is 2.15. The van der Waals surface area contributed by atoms with Gasteiger partial charge >= 0.3 is 0 Å². The molecular weight excluding hydrogens is 174 g/mol. The molecule has 1 N–H and O–H groups in total. The fraction of sp³-hybridized carbons (Fsp3) is 0.200. The molecule has 1 unspecified atom stereocenters. The first kappa shape index (κ1) is 9.86. The van der Waals surface area contributed by atoms with Crippen molar-refractivity contribution in [2.75, 3.05) is 0 Å². The average Bonchev–Trinajstić information content (AvgIpc) is 2.16. The van der Waals surface area contributed by atoms with Crippen molar-refractivity contribution in [3.05, 3.63) is 48.0 Å². The van der Waals surface area contributed by atoms with E-state index in [2.05, 4.69) is 6.58 Å². The number of hydrogen-bond acceptors (Lipinski definition) is 1. The molecule has 70 valence electrons. The van der Waals surface area contributed by atoms with Crippen LogP contribution < -0.4 is 0 Å². The molecule has 3 heteroatoms. The number of alkyl halides is 2. The third-order valence-corrected chi connectivity index (χ3v) is 1.77. The van der Waals surface area contributed by atoms with Crippen LogP contribution in [0.3, 0.4) is 0 Å². The highest BCUT2D eigenvalue weighted by molar-refractivity contribution is 5.31. The van der Waals surface area contributed by atoms with E-state index < -0.39 is 12.5 Å². The van der Waals surface area contributed by atoms with Crippen LogP contribution in [0.1, 0.15) is 23.7 Å². The molecule has 1 nitrogen and oxygen atoms in total. The summed E-state index contributed by atoms with van der Waals surface area (Å²) in [5.41, 5.74) is 0.0717. The highest BCUT2D eigenvalue weighted by atomic mass is 19.3. The molecule has 0 aliphatic heterocycles. The maximum atomic E-state index is 12.4. The molecule has 13 heavy (non-hydrogen) atoms. The smallest absolute Gasteiger partial charge is 0.264 e. The van der Waals surface area contributed by atoms with Crippen molar-refractivity contribution < 1.29 is 13.9 Å². The molecule has 0 heterocycles. The van der Waals surface area contributed by atoms with Gasteiger partial charge in [-0.15, -0.1) is 6.58 Å². The highest BCUT2D eigenvalue weighted by Crippen LogP contribution is 2.27. The summed E-state index contributed by atoms with van der Waals surface area (Å²) in [5.74, 6) is 0. The van der Waals surface area contributed by atoms with Gasteiger partial charge in [0, 0.05) is 5.56 Å². The van der Waals surface area contributed by atoms with Crippen LogP contribution in [0, 0.1) is 0 Å². The van der Waals surface area contributed by atoms with Gasteiger partial charge in [0.25, 0.3) is 6.43 Å². The Morgan fingerprint density at radius 3 is 2.23 bits per heavy atom. The van der Waals surface area contributed by atoms with E-state index >= 15 is 0 Å². The van der Waals surface area contributed by atoms with Gasteiger partial charge in [-0.05, 0) is 5.56 Å². The second-order valence-electron chi connectivity index (χ2n) is 2.61. The van der Waals surface area contributed by atoms with E-state index in [1.807, 2.05) is 0 Å². The van der Waals surface area contributed by atoms with Crippen molar-refractivity contribution in [2.45, 2.75) is 12.5 Å². The van der Waals surface area contributed by atoms with Gasteiger partial charge in [0.05, 0.1) is 6.10 Å². The molecule has 0 aromatic heterocycles. The summed E-state index contributed by atoms with van der Waals surface area (Å²) >= 11 is 0. The first-order valence-corrected chi connectivity index (χ1v) is 3.84. The minimum atomic E-state index is -2.56. The lowest BCUT2D eigenvalue weighted by atomic mass is 10.0. The second-order valence-corrected chi connectivity index (χ2v) is 2.61. The fourth-order valence-corrected chi connectivity index (χ4v) is 1.11. The Morgan fingerprint density at radius 1 is 1.23 bits per heavy atom. The van der Waals surface area contributed by atoms with Crippen molar-refractivity contribution in [3.8, 4) is 0 Å². The van der Waals surface area contributed by atoms with Crippen molar-refractivity contribution in [1.29, 1.82) is 0 Å². The van der Waals surface area contributed by atoms with E-state index in [0.29, 0.717) is 0 Å². The van der Waals surface area contributed by atoms with E-state index in [9.17, 15) is 13.9 Å². The molecule has 1 rings (SSSR count). The molecule has 0 aliphatic carbocycles. The third kappa shape index (κ3) is 2.12. The Bertz CT molecular complexity index is 297. The number of rotatable bonds is 3. The summed E-state index contributed by atoms with van der Waals surface area (Å²) in [4.78, 5) is 0. The molecule has 1 aromatic carbocycles. The summed E-state index contributed by atoms with van der Waals surface area (Å²) in [6, 6.07) is 5.88. The van der Waals surface area contributed by atoms with Crippen LogP contribution in [0.4, 0.5) is 8.78 Å². The molecular formula is C10H10F2O. The number of hydrogen-bond donors (Lipinski definition) is 1. The maximum Gasteiger partial charge on any atom is 0.264 e. The van der Waals surface area contributed by atoms with E-state index in [1.165, 1.54) is 24.3 Å². The van der Waals surface area contributed by atoms with Crippen molar-refractivity contribution in [2.24, 2.45) is 0 Å². The molecule has 1 atom stereocenters. The SMILES string of the molecule is C=CC(O)c1ccccc1C(F)F. The largest absolute Gasteiger partial charge is 0.384 e. The molecule has 0 radical (unpaired) electrons. The minimum Gasteiger partial charge on any atom is -0.384 e.